The van der Waals surface area contributed by atoms with Crippen molar-refractivity contribution in [2.45, 2.75) is 19.4 Å². The van der Waals surface area contributed by atoms with Crippen LogP contribution >= 0.6 is 11.3 Å². The summed E-state index contributed by atoms with van der Waals surface area (Å²) in [4.78, 5) is 34.9. The molecule has 1 aromatic heterocycles. The number of anilines is 1. The van der Waals surface area contributed by atoms with E-state index in [0.717, 1.165) is 57.2 Å². The van der Waals surface area contributed by atoms with Gasteiger partial charge in [0.15, 0.2) is 5.13 Å². The summed E-state index contributed by atoms with van der Waals surface area (Å²) < 4.78 is 5.58. The Morgan fingerprint density at radius 3 is 2.87 bits per heavy atom. The van der Waals surface area contributed by atoms with Crippen molar-refractivity contribution in [3.63, 3.8) is 0 Å². The van der Waals surface area contributed by atoms with Crippen LogP contribution in [-0.2, 0) is 24.2 Å². The molecule has 2 fully saturated rings. The van der Waals surface area contributed by atoms with E-state index in [1.54, 1.807) is 4.90 Å². The molecule has 0 radical (unpaired) electrons. The molecule has 3 amide bonds. The number of aromatic nitrogens is 1. The standard InChI is InChI=1S/C21H25N5O3S/c27-19(12-17-14-30-21(23-17)26-5-4-22-20(26)28)25-8-6-24(7-9-25)13-15-1-2-18-16(11-15)3-10-29-18/h1-2,11,14H,3-10,12-13H2,(H,22,28). The first-order chi connectivity index (χ1) is 14.7. The van der Waals surface area contributed by atoms with Crippen molar-refractivity contribution in [3.05, 3.63) is 40.4 Å². The Morgan fingerprint density at radius 2 is 2.07 bits per heavy atom. The number of thiazole rings is 1. The number of urea groups is 1. The van der Waals surface area contributed by atoms with Crippen molar-refractivity contribution < 1.29 is 14.3 Å². The highest BCUT2D eigenvalue weighted by Gasteiger charge is 2.26. The molecule has 0 atom stereocenters. The molecule has 5 rings (SSSR count). The third-order valence-electron chi connectivity index (χ3n) is 5.84. The van der Waals surface area contributed by atoms with Crippen LogP contribution in [0.3, 0.4) is 0 Å². The number of carbonyl (C=O) groups is 2. The number of ether oxygens (including phenoxy) is 1. The van der Waals surface area contributed by atoms with Crippen LogP contribution in [0.5, 0.6) is 5.75 Å². The molecule has 3 aliphatic rings. The predicted octanol–water partition coefficient (Wildman–Crippen LogP) is 1.49. The Labute approximate surface area is 179 Å². The molecule has 1 N–H and O–H groups in total. The topological polar surface area (TPSA) is 78.0 Å². The van der Waals surface area contributed by atoms with Crippen LogP contribution in [0.15, 0.2) is 23.6 Å². The maximum atomic E-state index is 12.7. The van der Waals surface area contributed by atoms with E-state index in [2.05, 4.69) is 33.4 Å². The van der Waals surface area contributed by atoms with E-state index in [4.69, 9.17) is 4.74 Å². The fourth-order valence-corrected chi connectivity index (χ4v) is 5.02. The SMILES string of the molecule is O=C(Cc1csc(N2CCNC2=O)n1)N1CCN(Cc2ccc3c(c2)CCO3)CC1. The molecule has 0 aliphatic carbocycles. The second kappa shape index (κ2) is 8.23. The lowest BCUT2D eigenvalue weighted by Gasteiger charge is -2.34. The van der Waals surface area contributed by atoms with Gasteiger partial charge in [-0.15, -0.1) is 11.3 Å². The summed E-state index contributed by atoms with van der Waals surface area (Å²) in [6, 6.07) is 6.35. The van der Waals surface area contributed by atoms with Gasteiger partial charge in [-0.2, -0.15) is 0 Å². The van der Waals surface area contributed by atoms with Crippen molar-refractivity contribution in [2.24, 2.45) is 0 Å². The molecular weight excluding hydrogens is 402 g/mol. The maximum absolute atomic E-state index is 12.7. The lowest BCUT2D eigenvalue weighted by atomic mass is 10.1. The molecule has 1 aromatic carbocycles. The molecule has 8 nitrogen and oxygen atoms in total. The molecular formula is C21H25N5O3S. The monoisotopic (exact) mass is 427 g/mol. The van der Waals surface area contributed by atoms with Gasteiger partial charge in [0.05, 0.1) is 18.7 Å². The highest BCUT2D eigenvalue weighted by molar-refractivity contribution is 7.14. The second-order valence-corrected chi connectivity index (χ2v) is 8.72. The highest BCUT2D eigenvalue weighted by atomic mass is 32.1. The van der Waals surface area contributed by atoms with Crippen LogP contribution in [0.4, 0.5) is 9.93 Å². The lowest BCUT2D eigenvalue weighted by Crippen LogP contribution is -2.48. The Hall–Kier alpha value is -2.65. The number of carbonyl (C=O) groups excluding carboxylic acids is 2. The largest absolute Gasteiger partial charge is 0.493 e. The van der Waals surface area contributed by atoms with Gasteiger partial charge in [0.1, 0.15) is 5.75 Å². The number of fused-ring (bicyclic) bond motifs is 1. The van der Waals surface area contributed by atoms with Crippen LogP contribution < -0.4 is 15.0 Å². The molecule has 30 heavy (non-hydrogen) atoms. The summed E-state index contributed by atoms with van der Waals surface area (Å²) in [5.74, 6) is 1.12. The Morgan fingerprint density at radius 1 is 1.20 bits per heavy atom. The van der Waals surface area contributed by atoms with Gasteiger partial charge in [-0.25, -0.2) is 9.78 Å². The van der Waals surface area contributed by atoms with Gasteiger partial charge in [0.25, 0.3) is 0 Å². The van der Waals surface area contributed by atoms with E-state index in [-0.39, 0.29) is 18.4 Å². The Kier molecular flexibility index (Phi) is 5.30. The van der Waals surface area contributed by atoms with Gasteiger partial charge >= 0.3 is 6.03 Å². The van der Waals surface area contributed by atoms with Gasteiger partial charge in [0.2, 0.25) is 5.91 Å². The van der Waals surface area contributed by atoms with Gasteiger partial charge in [-0.1, -0.05) is 12.1 Å². The predicted molar refractivity (Wildman–Crippen MR) is 114 cm³/mol. The van der Waals surface area contributed by atoms with E-state index < -0.39 is 0 Å². The van der Waals surface area contributed by atoms with E-state index in [1.165, 1.54) is 22.5 Å². The number of piperazine rings is 1. The fraction of sp³-hybridized carbons (Fsp3) is 0.476. The lowest BCUT2D eigenvalue weighted by molar-refractivity contribution is -0.132. The zero-order valence-corrected chi connectivity index (χ0v) is 17.6. The summed E-state index contributed by atoms with van der Waals surface area (Å²) in [6.07, 6.45) is 1.28. The minimum absolute atomic E-state index is 0.104. The molecule has 0 unspecified atom stereocenters. The number of hydrogen-bond donors (Lipinski definition) is 1. The van der Waals surface area contributed by atoms with E-state index >= 15 is 0 Å². The number of rotatable bonds is 5. The number of hydrogen-bond acceptors (Lipinski definition) is 6. The average molecular weight is 428 g/mol. The molecule has 3 aliphatic heterocycles. The fourth-order valence-electron chi connectivity index (χ4n) is 4.17. The third-order valence-corrected chi connectivity index (χ3v) is 6.76. The number of amides is 3. The van der Waals surface area contributed by atoms with Crippen LogP contribution in [-0.4, -0.2) is 72.6 Å². The first-order valence-corrected chi connectivity index (χ1v) is 11.3. The molecule has 9 heteroatoms. The molecule has 158 valence electrons. The molecule has 4 heterocycles. The molecule has 0 bridgehead atoms. The average Bonchev–Trinajstić information content (AvgIpc) is 3.49. The minimum Gasteiger partial charge on any atom is -0.493 e. The first-order valence-electron chi connectivity index (χ1n) is 10.4. The minimum atomic E-state index is -0.116. The van der Waals surface area contributed by atoms with E-state index in [1.807, 2.05) is 10.3 Å². The van der Waals surface area contributed by atoms with Crippen LogP contribution in [0, 0.1) is 0 Å². The third kappa shape index (κ3) is 3.99. The number of benzene rings is 1. The van der Waals surface area contributed by atoms with Gasteiger partial charge in [-0.3, -0.25) is 14.6 Å². The molecule has 0 saturated carbocycles. The van der Waals surface area contributed by atoms with Crippen molar-refractivity contribution in [1.29, 1.82) is 0 Å². The molecule has 2 saturated heterocycles. The summed E-state index contributed by atoms with van der Waals surface area (Å²) >= 11 is 1.42. The van der Waals surface area contributed by atoms with Crippen molar-refractivity contribution in [1.82, 2.24) is 20.1 Å². The summed E-state index contributed by atoms with van der Waals surface area (Å²) in [6.45, 7) is 6.16. The van der Waals surface area contributed by atoms with Crippen LogP contribution in [0.1, 0.15) is 16.8 Å². The Bertz CT molecular complexity index is 954. The normalized spacial score (nSPS) is 19.0. The number of nitrogens with zero attached hydrogens (tertiary/aromatic N) is 4. The zero-order chi connectivity index (χ0) is 20.5. The van der Waals surface area contributed by atoms with Gasteiger partial charge < -0.3 is 15.0 Å². The van der Waals surface area contributed by atoms with Gasteiger partial charge in [0, 0.05) is 57.6 Å². The van der Waals surface area contributed by atoms with Gasteiger partial charge in [-0.05, 0) is 17.2 Å². The zero-order valence-electron chi connectivity index (χ0n) is 16.8. The van der Waals surface area contributed by atoms with Crippen molar-refractivity contribution in [3.8, 4) is 5.75 Å². The van der Waals surface area contributed by atoms with Crippen LogP contribution in [0.2, 0.25) is 0 Å². The summed E-state index contributed by atoms with van der Waals surface area (Å²) in [5.41, 5.74) is 3.35. The quantitative estimate of drug-likeness (QED) is 0.782. The first kappa shape index (κ1) is 19.3. The molecule has 2 aromatic rings. The van der Waals surface area contributed by atoms with E-state index in [9.17, 15) is 9.59 Å². The van der Waals surface area contributed by atoms with Crippen LogP contribution in [0.25, 0.3) is 0 Å². The smallest absolute Gasteiger partial charge is 0.323 e. The highest BCUT2D eigenvalue weighted by Crippen LogP contribution is 2.26. The second-order valence-electron chi connectivity index (χ2n) is 7.88. The number of nitrogens with one attached hydrogen (secondary N) is 1. The summed E-state index contributed by atoms with van der Waals surface area (Å²) in [7, 11) is 0. The van der Waals surface area contributed by atoms with Crippen molar-refractivity contribution >= 4 is 28.4 Å². The summed E-state index contributed by atoms with van der Waals surface area (Å²) in [5, 5.41) is 5.32. The van der Waals surface area contributed by atoms with E-state index in [0.29, 0.717) is 18.2 Å². The maximum Gasteiger partial charge on any atom is 0.323 e. The van der Waals surface area contributed by atoms with Crippen molar-refractivity contribution in [2.75, 3.05) is 50.8 Å². The molecule has 0 spiro atoms. The Balaban J connectivity index is 1.12.